The summed E-state index contributed by atoms with van der Waals surface area (Å²) in [6, 6.07) is 10.9. The van der Waals surface area contributed by atoms with Gasteiger partial charge in [0.1, 0.15) is 36.6 Å². The molecule has 5 aromatic heterocycles. The molecule has 1 aliphatic heterocycles. The third-order valence-electron chi connectivity index (χ3n) is 11.6. The maximum atomic E-state index is 14.0. The molecule has 4 amide bonds. The number of β-amino-alcohol motifs (C(OH)–C–C–N with tert-alkyl or cyclic N) is 1. The summed E-state index contributed by atoms with van der Waals surface area (Å²) in [5.41, 5.74) is 6.62. The third kappa shape index (κ3) is 13.3. The van der Waals surface area contributed by atoms with Gasteiger partial charge in [0.2, 0.25) is 29.6 Å². The molecule has 6 aromatic rings. The number of alkyl halides is 2. The Labute approximate surface area is 407 Å². The molecule has 1 aromatic carbocycles. The molecule has 1 fully saturated rings. The minimum atomic E-state index is -2.61. The third-order valence-corrected chi connectivity index (χ3v) is 12.5. The number of ether oxygens (including phenoxy) is 2. The number of hydrogen-bond acceptors (Lipinski definition) is 14. The quantitative estimate of drug-likeness (QED) is 0.0497. The number of aromatic amines is 1. The number of hydrogen-bond donors (Lipinski definition) is 6. The number of benzene rings is 1. The predicted octanol–water partition coefficient (Wildman–Crippen LogP) is 4.90. The molecule has 7 rings (SSSR count). The molecule has 1 saturated heterocycles. The number of thiazole rings is 1. The van der Waals surface area contributed by atoms with Crippen molar-refractivity contribution >= 4 is 51.9 Å². The zero-order valence-electron chi connectivity index (χ0n) is 39.6. The number of nitrogens with zero attached hydrogens (tertiary/aromatic N) is 7. The fourth-order valence-electron chi connectivity index (χ4n) is 7.96. The van der Waals surface area contributed by atoms with Crippen LogP contribution in [0.2, 0.25) is 0 Å². The summed E-state index contributed by atoms with van der Waals surface area (Å²) < 4.78 is 38.9. The van der Waals surface area contributed by atoms with Crippen LogP contribution in [0.1, 0.15) is 57.8 Å². The van der Waals surface area contributed by atoms with Gasteiger partial charge in [-0.15, -0.1) is 11.3 Å². The second-order valence-corrected chi connectivity index (χ2v) is 18.8. The predicted molar refractivity (Wildman–Crippen MR) is 258 cm³/mol. The zero-order valence-corrected chi connectivity index (χ0v) is 40.4. The Balaban J connectivity index is 0.798. The van der Waals surface area contributed by atoms with Gasteiger partial charge in [-0.1, -0.05) is 45.0 Å². The van der Waals surface area contributed by atoms with Crippen LogP contribution in [0.15, 0.2) is 72.8 Å². The number of carbonyl (C=O) groups excluding carboxylic acids is 4. The van der Waals surface area contributed by atoms with Crippen molar-refractivity contribution in [1.29, 1.82) is 0 Å². The lowest BCUT2D eigenvalue weighted by molar-refractivity contribution is -0.144. The van der Waals surface area contributed by atoms with Gasteiger partial charge in [0, 0.05) is 73.8 Å². The maximum Gasteiger partial charge on any atom is 0.257 e. The van der Waals surface area contributed by atoms with Crippen LogP contribution < -0.4 is 21.3 Å². The fourth-order valence-corrected chi connectivity index (χ4v) is 8.77. The lowest BCUT2D eigenvalue weighted by atomic mass is 9.85. The monoisotopic (exact) mass is 984 g/mol. The number of anilines is 1. The van der Waals surface area contributed by atoms with Gasteiger partial charge in [-0.3, -0.25) is 23.9 Å². The molecule has 0 bridgehead atoms. The number of amides is 4. The molecule has 2 unspecified atom stereocenters. The summed E-state index contributed by atoms with van der Waals surface area (Å²) in [4.78, 5) is 76.2. The van der Waals surface area contributed by atoms with E-state index in [0.29, 0.717) is 28.2 Å². The topological polar surface area (TPSA) is 244 Å². The van der Waals surface area contributed by atoms with Gasteiger partial charge in [0.05, 0.1) is 53.7 Å². The highest BCUT2D eigenvalue weighted by atomic mass is 32.1. The van der Waals surface area contributed by atoms with Crippen LogP contribution in [-0.2, 0) is 35.2 Å². The van der Waals surface area contributed by atoms with Crippen molar-refractivity contribution in [2.45, 2.75) is 84.7 Å². The first-order valence-corrected chi connectivity index (χ1v) is 23.8. The molecule has 0 saturated carbocycles. The van der Waals surface area contributed by atoms with Crippen LogP contribution >= 0.6 is 11.3 Å². The minimum Gasteiger partial charge on any atom is -0.391 e. The number of fused-ring (bicyclic) bond motifs is 1. The molecule has 6 heterocycles. The number of halogens is 2. The number of nitrogens with one attached hydrogen (secondary N) is 5. The van der Waals surface area contributed by atoms with Gasteiger partial charge in [-0.25, -0.2) is 28.7 Å². The van der Waals surface area contributed by atoms with Crippen LogP contribution in [0.25, 0.3) is 44.0 Å². The normalized spacial score (nSPS) is 15.8. The van der Waals surface area contributed by atoms with E-state index in [2.05, 4.69) is 51.3 Å². The van der Waals surface area contributed by atoms with Crippen molar-refractivity contribution in [3.63, 3.8) is 0 Å². The summed E-state index contributed by atoms with van der Waals surface area (Å²) in [5.74, 6) is -1.43. The Morgan fingerprint density at radius 3 is 2.50 bits per heavy atom. The number of aromatic nitrogens is 7. The summed E-state index contributed by atoms with van der Waals surface area (Å²) in [6.45, 7) is 9.04. The number of carbonyl (C=O) groups is 4. The molecule has 0 radical (unpaired) electrons. The van der Waals surface area contributed by atoms with Crippen LogP contribution in [0.5, 0.6) is 0 Å². The molecular weight excluding hydrogens is 927 g/mol. The average molecular weight is 985 g/mol. The highest BCUT2D eigenvalue weighted by Crippen LogP contribution is 2.33. The molecule has 372 valence electrons. The summed E-state index contributed by atoms with van der Waals surface area (Å²) >= 11 is 1.56. The van der Waals surface area contributed by atoms with Crippen molar-refractivity contribution in [1.82, 2.24) is 55.6 Å². The van der Waals surface area contributed by atoms with Gasteiger partial charge in [-0.05, 0) is 48.6 Å². The first-order valence-electron chi connectivity index (χ1n) is 22.9. The number of H-pyrrole nitrogens is 1. The molecule has 1 aliphatic rings. The van der Waals surface area contributed by atoms with E-state index in [9.17, 15) is 33.1 Å². The van der Waals surface area contributed by atoms with E-state index in [1.165, 1.54) is 22.0 Å². The van der Waals surface area contributed by atoms with Gasteiger partial charge < -0.3 is 45.7 Å². The number of aryl methyl sites for hydroxylation is 1. The molecule has 0 spiro atoms. The molecule has 70 heavy (non-hydrogen) atoms. The molecular formula is C48H58F2N12O7S. The Morgan fingerprint density at radius 1 is 0.971 bits per heavy atom. The van der Waals surface area contributed by atoms with E-state index in [1.54, 1.807) is 56.1 Å². The lowest BCUT2D eigenvalue weighted by Crippen LogP contribution is -2.58. The van der Waals surface area contributed by atoms with E-state index in [4.69, 9.17) is 9.47 Å². The maximum absolute atomic E-state index is 14.0. The fraction of sp³-hybridized carbons (Fsp3) is 0.438. The first-order chi connectivity index (χ1) is 33.5. The Hall–Kier alpha value is -6.75. The van der Waals surface area contributed by atoms with Gasteiger partial charge in [0.15, 0.2) is 0 Å². The van der Waals surface area contributed by atoms with Crippen LogP contribution in [0.4, 0.5) is 14.7 Å². The number of pyridine rings is 1. The molecule has 0 aliphatic carbocycles. The van der Waals surface area contributed by atoms with Crippen molar-refractivity contribution in [2.24, 2.45) is 5.41 Å². The smallest absolute Gasteiger partial charge is 0.257 e. The second kappa shape index (κ2) is 23.2. The number of rotatable bonds is 22. The standard InChI is InChI=1S/C48H58F2N12O7S/c1-28(30-6-8-31(9-7-30)42-29(2)56-27-70-42)57-45(66)37-21-34(63)23-62(37)46(67)43(48(3,4)5)59-40(65)26-69-19-18-68-17-16-51-39(64)12-15-54-47-53-14-11-36(58-47)35-24-61(25-38(49)50)60-41(35)33-20-32-10-13-52-44(32)55-22-33/h6-11,13-14,20,22,24,27-28,34,37-38,43,63H,12,15-19,21,23,25-26H2,1-5H3,(H,51,64)(H,52,55)(H,57,66)(H,59,65)(H,53,54,58)/t28?,34-,37+,43?/m1/s1. The van der Waals surface area contributed by atoms with E-state index >= 15 is 0 Å². The zero-order chi connectivity index (χ0) is 50.0. The number of likely N-dealkylation sites (tertiary alicyclic amines) is 1. The molecule has 22 heteroatoms. The average Bonchev–Trinajstić information content (AvgIpc) is 4.15. The Bertz CT molecular complexity index is 2740. The number of aliphatic hydroxyl groups is 1. The van der Waals surface area contributed by atoms with Crippen molar-refractivity contribution in [2.75, 3.05) is 51.4 Å². The van der Waals surface area contributed by atoms with E-state index in [0.717, 1.165) is 27.1 Å². The number of aliphatic hydroxyl groups excluding tert-OH is 1. The van der Waals surface area contributed by atoms with Crippen molar-refractivity contribution in [3.05, 3.63) is 84.0 Å². The largest absolute Gasteiger partial charge is 0.391 e. The lowest BCUT2D eigenvalue weighted by Gasteiger charge is -2.35. The van der Waals surface area contributed by atoms with Crippen LogP contribution in [0.3, 0.4) is 0 Å². The van der Waals surface area contributed by atoms with Crippen molar-refractivity contribution < 1.29 is 42.5 Å². The second-order valence-electron chi connectivity index (χ2n) is 18.0. The van der Waals surface area contributed by atoms with Gasteiger partial charge >= 0.3 is 0 Å². The molecule has 19 nitrogen and oxygen atoms in total. The summed E-state index contributed by atoms with van der Waals surface area (Å²) in [5, 5.41) is 27.4. The van der Waals surface area contributed by atoms with E-state index in [-0.39, 0.29) is 76.8 Å². The van der Waals surface area contributed by atoms with Crippen molar-refractivity contribution in [3.8, 4) is 33.0 Å². The molecule has 6 N–H and O–H groups in total. The van der Waals surface area contributed by atoms with E-state index in [1.807, 2.05) is 50.2 Å². The van der Waals surface area contributed by atoms with Crippen LogP contribution in [-0.4, -0.2) is 139 Å². The SMILES string of the molecule is Cc1ncsc1-c1ccc(C(C)NC(=O)[C@@H]2C[C@@H](O)CN2C(=O)C(NC(=O)COCCOCCNC(=O)CCNc2nccc(-c3cn(CC(F)F)nc3-c3cnc4[nH]ccc4c3)n2)C(C)(C)C)cc1. The van der Waals surface area contributed by atoms with E-state index < -0.39 is 54.3 Å². The Kier molecular flexibility index (Phi) is 17.0. The van der Waals surface area contributed by atoms with Crippen LogP contribution in [0, 0.1) is 12.3 Å². The highest BCUT2D eigenvalue weighted by molar-refractivity contribution is 7.13. The van der Waals surface area contributed by atoms with Gasteiger partial charge in [-0.2, -0.15) is 5.10 Å². The summed E-state index contributed by atoms with van der Waals surface area (Å²) in [7, 11) is 0. The Morgan fingerprint density at radius 2 is 1.76 bits per heavy atom. The van der Waals surface area contributed by atoms with Gasteiger partial charge in [0.25, 0.3) is 6.43 Å². The summed E-state index contributed by atoms with van der Waals surface area (Å²) in [6.07, 6.45) is 3.05. The minimum absolute atomic E-state index is 0.0524. The highest BCUT2D eigenvalue weighted by Gasteiger charge is 2.44. The molecule has 4 atom stereocenters. The first kappa shape index (κ1) is 51.1.